The molecule has 0 amide bonds. The number of nitrogen functional groups attached to an aromatic ring is 1. The summed E-state index contributed by atoms with van der Waals surface area (Å²) in [7, 11) is 0. The number of aromatic nitrogens is 1. The Morgan fingerprint density at radius 1 is 1.65 bits per heavy atom. The van der Waals surface area contributed by atoms with Gasteiger partial charge in [0.25, 0.3) is 0 Å². The highest BCUT2D eigenvalue weighted by Crippen LogP contribution is 2.21. The maximum Gasteiger partial charge on any atom is 0.0746 e. The van der Waals surface area contributed by atoms with Crippen LogP contribution in [0.5, 0.6) is 0 Å². The average molecular weight is 236 g/mol. The number of β-amino-alcohol motifs (C(OH)–C–C–N with tert-alkyl or cyclic N) is 1. The lowest BCUT2D eigenvalue weighted by Gasteiger charge is -2.36. The molecule has 2 rings (SSSR count). The summed E-state index contributed by atoms with van der Waals surface area (Å²) in [5, 5.41) is 10.0. The van der Waals surface area contributed by atoms with Crippen LogP contribution in [0.3, 0.4) is 0 Å². The summed E-state index contributed by atoms with van der Waals surface area (Å²) < 4.78 is 0. The number of anilines is 1. The van der Waals surface area contributed by atoms with E-state index < -0.39 is 5.60 Å². The number of nitrogens with zero attached hydrogens (tertiary/aromatic N) is 2. The van der Waals surface area contributed by atoms with Crippen molar-refractivity contribution in [2.24, 2.45) is 5.84 Å². The summed E-state index contributed by atoms with van der Waals surface area (Å²) in [6.45, 7) is 4.36. The number of nitrogens with one attached hydrogen (secondary N) is 1. The van der Waals surface area contributed by atoms with Crippen molar-refractivity contribution in [1.29, 1.82) is 0 Å². The maximum atomic E-state index is 10.0. The van der Waals surface area contributed by atoms with Gasteiger partial charge < -0.3 is 10.5 Å². The van der Waals surface area contributed by atoms with Gasteiger partial charge in [0.05, 0.1) is 17.0 Å². The zero-order valence-electron chi connectivity index (χ0n) is 10.2. The Kier molecular flexibility index (Phi) is 3.61. The van der Waals surface area contributed by atoms with E-state index >= 15 is 0 Å². The number of aliphatic hydroxyl groups is 1. The predicted octanol–water partition coefficient (Wildman–Crippen LogP) is 0.714. The van der Waals surface area contributed by atoms with Crippen LogP contribution in [0.25, 0.3) is 0 Å². The molecule has 2 heterocycles. The number of hydrogen-bond donors (Lipinski definition) is 3. The fourth-order valence-corrected chi connectivity index (χ4v) is 2.34. The van der Waals surface area contributed by atoms with E-state index in [1.54, 1.807) is 6.20 Å². The van der Waals surface area contributed by atoms with Gasteiger partial charge in [-0.3, -0.25) is 15.7 Å². The molecule has 0 saturated carbocycles. The third-order valence-corrected chi connectivity index (χ3v) is 3.12. The third kappa shape index (κ3) is 3.39. The second-order valence-corrected chi connectivity index (χ2v) is 4.99. The first-order valence-corrected chi connectivity index (χ1v) is 5.95. The Morgan fingerprint density at radius 2 is 2.47 bits per heavy atom. The van der Waals surface area contributed by atoms with Crippen molar-refractivity contribution in [1.82, 2.24) is 9.88 Å². The van der Waals surface area contributed by atoms with Crippen molar-refractivity contribution in [3.05, 3.63) is 24.0 Å². The van der Waals surface area contributed by atoms with E-state index in [1.165, 1.54) is 0 Å². The van der Waals surface area contributed by atoms with Gasteiger partial charge in [0.15, 0.2) is 0 Å². The lowest BCUT2D eigenvalue weighted by atomic mass is 9.95. The minimum absolute atomic E-state index is 0.567. The first-order valence-electron chi connectivity index (χ1n) is 5.95. The van der Waals surface area contributed by atoms with Crippen molar-refractivity contribution in [3.8, 4) is 0 Å². The monoisotopic (exact) mass is 236 g/mol. The van der Waals surface area contributed by atoms with E-state index in [9.17, 15) is 5.11 Å². The molecule has 0 bridgehead atoms. The molecule has 0 radical (unpaired) electrons. The van der Waals surface area contributed by atoms with Gasteiger partial charge in [0, 0.05) is 19.3 Å². The molecule has 0 aromatic carbocycles. The van der Waals surface area contributed by atoms with Gasteiger partial charge in [0.2, 0.25) is 0 Å². The molecule has 17 heavy (non-hydrogen) atoms. The summed E-state index contributed by atoms with van der Waals surface area (Å²) in [4.78, 5) is 6.54. The molecule has 1 fully saturated rings. The van der Waals surface area contributed by atoms with Crippen molar-refractivity contribution >= 4 is 5.69 Å². The van der Waals surface area contributed by atoms with Gasteiger partial charge in [0.1, 0.15) is 0 Å². The second kappa shape index (κ2) is 5.00. The summed E-state index contributed by atoms with van der Waals surface area (Å²) in [6, 6.07) is 3.76. The minimum atomic E-state index is -0.567. The molecule has 1 aliphatic heterocycles. The number of hydrazine groups is 1. The number of nitrogens with two attached hydrogens (primary N) is 1. The molecule has 1 aromatic heterocycles. The Bertz CT molecular complexity index is 381. The van der Waals surface area contributed by atoms with Gasteiger partial charge in [-0.2, -0.15) is 0 Å². The summed E-state index contributed by atoms with van der Waals surface area (Å²) in [5.41, 5.74) is 3.88. The van der Waals surface area contributed by atoms with Crippen LogP contribution in [-0.2, 0) is 6.54 Å². The fourth-order valence-electron chi connectivity index (χ4n) is 2.34. The van der Waals surface area contributed by atoms with Crippen LogP contribution < -0.4 is 11.3 Å². The van der Waals surface area contributed by atoms with Crippen molar-refractivity contribution < 1.29 is 5.11 Å². The highest BCUT2D eigenvalue weighted by molar-refractivity contribution is 5.41. The number of hydrogen-bond acceptors (Lipinski definition) is 5. The fraction of sp³-hybridized carbons (Fsp3) is 0.583. The number of pyridine rings is 1. The summed E-state index contributed by atoms with van der Waals surface area (Å²) >= 11 is 0. The number of rotatable bonds is 3. The van der Waals surface area contributed by atoms with Gasteiger partial charge in [-0.25, -0.2) is 0 Å². The van der Waals surface area contributed by atoms with Gasteiger partial charge in [-0.15, -0.1) is 0 Å². The standard InChI is InChI=1S/C12H20N4O/c1-12(17)4-2-6-16(9-12)8-11-7-10(15-13)3-5-14-11/h3,5,7,17H,2,4,6,8-9,13H2,1H3,(H,14,15). The van der Waals surface area contributed by atoms with Crippen LogP contribution in [0.15, 0.2) is 18.3 Å². The lowest BCUT2D eigenvalue weighted by Crippen LogP contribution is -2.45. The third-order valence-electron chi connectivity index (χ3n) is 3.12. The SMILES string of the molecule is CC1(O)CCCN(Cc2cc(NN)ccn2)C1. The van der Waals surface area contributed by atoms with E-state index in [0.29, 0.717) is 6.54 Å². The van der Waals surface area contributed by atoms with Crippen molar-refractivity contribution in [2.45, 2.75) is 31.9 Å². The van der Waals surface area contributed by atoms with E-state index in [1.807, 2.05) is 19.1 Å². The molecule has 0 aliphatic carbocycles. The molecule has 5 nitrogen and oxygen atoms in total. The molecule has 1 saturated heterocycles. The molecule has 94 valence electrons. The molecular formula is C12H20N4O. The summed E-state index contributed by atoms with van der Waals surface area (Å²) in [6.07, 6.45) is 3.65. The van der Waals surface area contributed by atoms with Crippen molar-refractivity contribution in [2.75, 3.05) is 18.5 Å². The highest BCUT2D eigenvalue weighted by atomic mass is 16.3. The molecule has 5 heteroatoms. The first-order chi connectivity index (χ1) is 8.09. The molecular weight excluding hydrogens is 216 g/mol. The van der Waals surface area contributed by atoms with Crippen LogP contribution in [0.1, 0.15) is 25.5 Å². The first kappa shape index (κ1) is 12.3. The van der Waals surface area contributed by atoms with Crippen LogP contribution in [-0.4, -0.2) is 33.7 Å². The van der Waals surface area contributed by atoms with Gasteiger partial charge >= 0.3 is 0 Å². The van der Waals surface area contributed by atoms with Crippen LogP contribution in [0, 0.1) is 0 Å². The van der Waals surface area contributed by atoms with Crippen molar-refractivity contribution in [3.63, 3.8) is 0 Å². The Balaban J connectivity index is 2.00. The Hall–Kier alpha value is -1.17. The number of likely N-dealkylation sites (tertiary alicyclic amines) is 1. The predicted molar refractivity (Wildman–Crippen MR) is 67.2 cm³/mol. The molecule has 1 aliphatic rings. The van der Waals surface area contributed by atoms with Crippen LogP contribution >= 0.6 is 0 Å². The number of piperidine rings is 1. The zero-order chi connectivity index (χ0) is 12.3. The molecule has 1 aromatic rings. The van der Waals surface area contributed by atoms with Crippen LogP contribution in [0.2, 0.25) is 0 Å². The molecule has 0 spiro atoms. The van der Waals surface area contributed by atoms with E-state index in [0.717, 1.165) is 37.3 Å². The second-order valence-electron chi connectivity index (χ2n) is 4.99. The maximum absolute atomic E-state index is 10.0. The topological polar surface area (TPSA) is 74.4 Å². The molecule has 4 N–H and O–H groups in total. The summed E-state index contributed by atoms with van der Waals surface area (Å²) in [5.74, 6) is 5.36. The smallest absolute Gasteiger partial charge is 0.0746 e. The molecule has 1 atom stereocenters. The minimum Gasteiger partial charge on any atom is -0.389 e. The molecule has 1 unspecified atom stereocenters. The quantitative estimate of drug-likeness (QED) is 0.532. The zero-order valence-corrected chi connectivity index (χ0v) is 10.2. The lowest BCUT2D eigenvalue weighted by molar-refractivity contribution is -0.0184. The van der Waals surface area contributed by atoms with E-state index in [2.05, 4.69) is 15.3 Å². The van der Waals surface area contributed by atoms with E-state index in [4.69, 9.17) is 5.84 Å². The van der Waals surface area contributed by atoms with Crippen LogP contribution in [0.4, 0.5) is 5.69 Å². The van der Waals surface area contributed by atoms with Gasteiger partial charge in [-0.1, -0.05) is 0 Å². The Morgan fingerprint density at radius 3 is 3.18 bits per heavy atom. The largest absolute Gasteiger partial charge is 0.389 e. The Labute approximate surface area is 102 Å². The normalized spacial score (nSPS) is 25.8. The van der Waals surface area contributed by atoms with E-state index in [-0.39, 0.29) is 0 Å². The average Bonchev–Trinajstić information content (AvgIpc) is 2.28. The van der Waals surface area contributed by atoms with Gasteiger partial charge in [-0.05, 0) is 38.4 Å². The highest BCUT2D eigenvalue weighted by Gasteiger charge is 2.28.